The topological polar surface area (TPSA) is 106 Å². The van der Waals surface area contributed by atoms with Crippen LogP contribution in [0.2, 0.25) is 0 Å². The van der Waals surface area contributed by atoms with Crippen molar-refractivity contribution in [3.8, 4) is 0 Å². The second-order valence-corrected chi connectivity index (χ2v) is 6.37. The van der Waals surface area contributed by atoms with Gasteiger partial charge in [0, 0.05) is 31.5 Å². The predicted molar refractivity (Wildman–Crippen MR) is 97.7 cm³/mol. The standard InChI is InChI=1S/C18H30N4O4/c1-2-10-26-16-13-14(17(24)19-8-11-25-12-9-23)4-5-15(16)22-18-20-6-3-7-21-18/h3,6-7,14-16,23H,2,4-5,8-13H2,1H3,(H,19,24)(H,20,21,22)/t14-,15+,16+/m0/s1. The fraction of sp³-hybridized carbons (Fsp3) is 0.722. The molecule has 0 bridgehead atoms. The van der Waals surface area contributed by atoms with Crippen molar-refractivity contribution in [1.29, 1.82) is 0 Å². The first-order valence-corrected chi connectivity index (χ1v) is 9.36. The number of hydrogen-bond acceptors (Lipinski definition) is 7. The molecule has 2 rings (SSSR count). The van der Waals surface area contributed by atoms with Gasteiger partial charge in [0.2, 0.25) is 11.9 Å². The zero-order valence-corrected chi connectivity index (χ0v) is 15.4. The van der Waals surface area contributed by atoms with Crippen LogP contribution in [0.3, 0.4) is 0 Å². The van der Waals surface area contributed by atoms with E-state index >= 15 is 0 Å². The van der Waals surface area contributed by atoms with Gasteiger partial charge in [0.15, 0.2) is 0 Å². The number of carbonyl (C=O) groups excluding carboxylic acids is 1. The minimum Gasteiger partial charge on any atom is -0.394 e. The van der Waals surface area contributed by atoms with Crippen molar-refractivity contribution >= 4 is 11.9 Å². The van der Waals surface area contributed by atoms with Gasteiger partial charge in [-0.25, -0.2) is 9.97 Å². The average Bonchev–Trinajstić information content (AvgIpc) is 2.67. The molecule has 1 aliphatic carbocycles. The number of nitrogens with one attached hydrogen (secondary N) is 2. The molecule has 3 atom stereocenters. The maximum absolute atomic E-state index is 12.4. The van der Waals surface area contributed by atoms with Crippen molar-refractivity contribution < 1.29 is 19.4 Å². The molecule has 146 valence electrons. The monoisotopic (exact) mass is 366 g/mol. The summed E-state index contributed by atoms with van der Waals surface area (Å²) in [5.41, 5.74) is 0. The van der Waals surface area contributed by atoms with Crippen LogP contribution in [0, 0.1) is 5.92 Å². The lowest BCUT2D eigenvalue weighted by molar-refractivity contribution is -0.128. The van der Waals surface area contributed by atoms with Crippen LogP contribution in [0.4, 0.5) is 5.95 Å². The molecule has 1 fully saturated rings. The third-order valence-corrected chi connectivity index (χ3v) is 4.36. The van der Waals surface area contributed by atoms with E-state index in [0.29, 0.717) is 38.7 Å². The van der Waals surface area contributed by atoms with Gasteiger partial charge in [-0.2, -0.15) is 0 Å². The first-order chi connectivity index (χ1) is 12.7. The molecule has 0 radical (unpaired) electrons. The number of ether oxygens (including phenoxy) is 2. The van der Waals surface area contributed by atoms with E-state index in [1.807, 2.05) is 0 Å². The Labute approximate surface area is 154 Å². The van der Waals surface area contributed by atoms with E-state index in [1.54, 1.807) is 18.5 Å². The molecule has 8 heteroatoms. The molecule has 1 aromatic heterocycles. The Morgan fingerprint density at radius 1 is 1.27 bits per heavy atom. The smallest absolute Gasteiger partial charge is 0.223 e. The van der Waals surface area contributed by atoms with Gasteiger partial charge in [-0.05, 0) is 31.7 Å². The molecule has 0 aromatic carbocycles. The molecule has 0 unspecified atom stereocenters. The molecule has 0 spiro atoms. The number of aliphatic hydroxyl groups excluding tert-OH is 1. The van der Waals surface area contributed by atoms with E-state index in [-0.39, 0.29) is 30.6 Å². The first-order valence-electron chi connectivity index (χ1n) is 9.36. The lowest BCUT2D eigenvalue weighted by atomic mass is 9.83. The number of aromatic nitrogens is 2. The molecule has 1 amide bonds. The maximum atomic E-state index is 12.4. The molecular weight excluding hydrogens is 336 g/mol. The number of anilines is 1. The van der Waals surface area contributed by atoms with Gasteiger partial charge in [-0.1, -0.05) is 6.92 Å². The largest absolute Gasteiger partial charge is 0.394 e. The molecule has 1 aliphatic rings. The minimum atomic E-state index is -0.0653. The third kappa shape index (κ3) is 6.86. The van der Waals surface area contributed by atoms with Gasteiger partial charge >= 0.3 is 0 Å². The number of nitrogens with zero attached hydrogens (tertiary/aromatic N) is 2. The highest BCUT2D eigenvalue weighted by atomic mass is 16.5. The Kier molecular flexibility index (Phi) is 9.30. The summed E-state index contributed by atoms with van der Waals surface area (Å²) in [6.07, 6.45) is 6.59. The maximum Gasteiger partial charge on any atom is 0.223 e. The summed E-state index contributed by atoms with van der Waals surface area (Å²) in [4.78, 5) is 20.8. The number of hydrogen-bond donors (Lipinski definition) is 3. The van der Waals surface area contributed by atoms with Crippen molar-refractivity contribution in [3.05, 3.63) is 18.5 Å². The molecule has 1 heterocycles. The highest BCUT2D eigenvalue weighted by molar-refractivity contribution is 5.78. The van der Waals surface area contributed by atoms with Gasteiger partial charge in [0.05, 0.1) is 32.0 Å². The summed E-state index contributed by atoms with van der Waals surface area (Å²) in [5.74, 6) is 0.563. The van der Waals surface area contributed by atoms with Crippen molar-refractivity contribution in [2.75, 3.05) is 38.3 Å². The lowest BCUT2D eigenvalue weighted by Crippen LogP contribution is -2.45. The highest BCUT2D eigenvalue weighted by Crippen LogP contribution is 2.28. The third-order valence-electron chi connectivity index (χ3n) is 4.36. The van der Waals surface area contributed by atoms with Crippen LogP contribution in [0.1, 0.15) is 32.6 Å². The number of carbonyl (C=O) groups is 1. The summed E-state index contributed by atoms with van der Waals surface area (Å²) in [6.45, 7) is 3.89. The second-order valence-electron chi connectivity index (χ2n) is 6.37. The Morgan fingerprint density at radius 2 is 2.08 bits per heavy atom. The average molecular weight is 366 g/mol. The van der Waals surface area contributed by atoms with Gasteiger partial charge in [-0.15, -0.1) is 0 Å². The zero-order valence-electron chi connectivity index (χ0n) is 15.4. The van der Waals surface area contributed by atoms with Crippen LogP contribution < -0.4 is 10.6 Å². The van der Waals surface area contributed by atoms with E-state index in [1.165, 1.54) is 0 Å². The number of amides is 1. The minimum absolute atomic E-state index is 0.00740. The van der Waals surface area contributed by atoms with Crippen molar-refractivity contribution in [3.63, 3.8) is 0 Å². The second kappa shape index (κ2) is 11.8. The summed E-state index contributed by atoms with van der Waals surface area (Å²) >= 11 is 0. The Bertz CT molecular complexity index is 517. The van der Waals surface area contributed by atoms with Crippen LogP contribution in [0.25, 0.3) is 0 Å². The van der Waals surface area contributed by atoms with Gasteiger partial charge in [0.25, 0.3) is 0 Å². The van der Waals surface area contributed by atoms with Gasteiger partial charge in [0.1, 0.15) is 0 Å². The number of rotatable bonds is 11. The molecule has 1 saturated carbocycles. The molecule has 1 aromatic rings. The number of aliphatic hydroxyl groups is 1. The summed E-state index contributed by atoms with van der Waals surface area (Å²) in [7, 11) is 0. The normalized spacial score (nSPS) is 22.8. The molecule has 8 nitrogen and oxygen atoms in total. The van der Waals surface area contributed by atoms with E-state index in [9.17, 15) is 4.79 Å². The van der Waals surface area contributed by atoms with E-state index < -0.39 is 0 Å². The van der Waals surface area contributed by atoms with Crippen LogP contribution in [0.15, 0.2) is 18.5 Å². The van der Waals surface area contributed by atoms with Gasteiger partial charge < -0.3 is 25.2 Å². The predicted octanol–water partition coefficient (Wildman–Crippen LogP) is 0.978. The molecular formula is C18H30N4O4. The first kappa shape index (κ1) is 20.5. The molecule has 0 saturated heterocycles. The van der Waals surface area contributed by atoms with Crippen LogP contribution in [-0.2, 0) is 14.3 Å². The highest BCUT2D eigenvalue weighted by Gasteiger charge is 2.34. The van der Waals surface area contributed by atoms with Crippen LogP contribution in [0.5, 0.6) is 0 Å². The quantitative estimate of drug-likeness (QED) is 0.501. The van der Waals surface area contributed by atoms with E-state index in [2.05, 4.69) is 27.5 Å². The SMILES string of the molecule is CCCO[C@@H]1C[C@@H](C(=O)NCCOCCO)CC[C@H]1Nc1ncccn1. The van der Waals surface area contributed by atoms with Crippen LogP contribution in [-0.4, -0.2) is 66.1 Å². The lowest BCUT2D eigenvalue weighted by Gasteiger charge is -2.35. The summed E-state index contributed by atoms with van der Waals surface area (Å²) in [6, 6.07) is 1.88. The zero-order chi connectivity index (χ0) is 18.6. The summed E-state index contributed by atoms with van der Waals surface area (Å²) < 4.78 is 11.2. The molecule has 26 heavy (non-hydrogen) atoms. The van der Waals surface area contributed by atoms with Crippen LogP contribution >= 0.6 is 0 Å². The molecule has 0 aliphatic heterocycles. The van der Waals surface area contributed by atoms with Crippen molar-refractivity contribution in [2.24, 2.45) is 5.92 Å². The van der Waals surface area contributed by atoms with Crippen molar-refractivity contribution in [2.45, 2.75) is 44.8 Å². The fourth-order valence-corrected chi connectivity index (χ4v) is 3.08. The fourth-order valence-electron chi connectivity index (χ4n) is 3.08. The summed E-state index contributed by atoms with van der Waals surface area (Å²) in [5, 5.41) is 14.9. The van der Waals surface area contributed by atoms with E-state index in [0.717, 1.165) is 19.3 Å². The Hall–Kier alpha value is -1.77. The Balaban J connectivity index is 1.84. The van der Waals surface area contributed by atoms with Crippen molar-refractivity contribution in [1.82, 2.24) is 15.3 Å². The van der Waals surface area contributed by atoms with Gasteiger partial charge in [-0.3, -0.25) is 4.79 Å². The van der Waals surface area contributed by atoms with E-state index in [4.69, 9.17) is 14.6 Å². The Morgan fingerprint density at radius 3 is 2.81 bits per heavy atom. The molecule has 3 N–H and O–H groups in total.